The zero-order valence-corrected chi connectivity index (χ0v) is 17.2. The summed E-state index contributed by atoms with van der Waals surface area (Å²) in [6.45, 7) is 5.01. The van der Waals surface area contributed by atoms with Crippen molar-refractivity contribution in [1.82, 2.24) is 16.0 Å². The number of hydrogen-bond acceptors (Lipinski definition) is 4. The SMILES string of the molecule is CN=C(NCCCOCC1CCOCC1)NCCNC(=O)Cc1cccc(F)c1. The van der Waals surface area contributed by atoms with Crippen LogP contribution in [0.15, 0.2) is 29.3 Å². The summed E-state index contributed by atoms with van der Waals surface area (Å²) in [6.07, 6.45) is 3.24. The van der Waals surface area contributed by atoms with Crippen molar-refractivity contribution in [3.63, 3.8) is 0 Å². The van der Waals surface area contributed by atoms with Crippen LogP contribution in [-0.4, -0.2) is 65.0 Å². The van der Waals surface area contributed by atoms with Crippen molar-refractivity contribution in [2.75, 3.05) is 53.1 Å². The smallest absolute Gasteiger partial charge is 0.224 e. The first kappa shape index (κ1) is 23.1. The number of nitrogens with zero attached hydrogens (tertiary/aromatic N) is 1. The van der Waals surface area contributed by atoms with Crippen molar-refractivity contribution in [2.24, 2.45) is 10.9 Å². The highest BCUT2D eigenvalue weighted by molar-refractivity contribution is 5.80. The van der Waals surface area contributed by atoms with Crippen LogP contribution in [0.4, 0.5) is 4.39 Å². The van der Waals surface area contributed by atoms with Crippen molar-refractivity contribution in [3.05, 3.63) is 35.6 Å². The third-order valence-electron chi connectivity index (χ3n) is 4.67. The first-order valence-corrected chi connectivity index (χ1v) is 10.3. The predicted molar refractivity (Wildman–Crippen MR) is 111 cm³/mol. The van der Waals surface area contributed by atoms with Crippen LogP contribution in [0.25, 0.3) is 0 Å². The van der Waals surface area contributed by atoms with Gasteiger partial charge in [-0.2, -0.15) is 0 Å². The molecule has 8 heteroatoms. The molecule has 1 heterocycles. The van der Waals surface area contributed by atoms with E-state index in [-0.39, 0.29) is 18.1 Å². The molecular weight excluding hydrogens is 375 g/mol. The highest BCUT2D eigenvalue weighted by Crippen LogP contribution is 2.14. The Kier molecular flexibility index (Phi) is 11.1. The fourth-order valence-corrected chi connectivity index (χ4v) is 3.04. The van der Waals surface area contributed by atoms with E-state index in [9.17, 15) is 9.18 Å². The van der Waals surface area contributed by atoms with Gasteiger partial charge in [0.25, 0.3) is 0 Å². The maximum atomic E-state index is 13.1. The molecule has 1 amide bonds. The average Bonchev–Trinajstić information content (AvgIpc) is 2.72. The van der Waals surface area contributed by atoms with Gasteiger partial charge in [0.1, 0.15) is 5.82 Å². The molecule has 1 aliphatic rings. The Labute approximate surface area is 172 Å². The van der Waals surface area contributed by atoms with Crippen molar-refractivity contribution < 1.29 is 18.7 Å². The molecule has 1 aliphatic heterocycles. The first-order valence-electron chi connectivity index (χ1n) is 10.3. The van der Waals surface area contributed by atoms with E-state index in [0.717, 1.165) is 52.2 Å². The largest absolute Gasteiger partial charge is 0.381 e. The minimum atomic E-state index is -0.333. The number of rotatable bonds is 11. The summed E-state index contributed by atoms with van der Waals surface area (Å²) in [6, 6.07) is 6.07. The number of halogens is 1. The van der Waals surface area contributed by atoms with E-state index in [1.807, 2.05) is 0 Å². The van der Waals surface area contributed by atoms with Crippen LogP contribution in [0, 0.1) is 11.7 Å². The lowest BCUT2D eigenvalue weighted by molar-refractivity contribution is -0.120. The van der Waals surface area contributed by atoms with Crippen LogP contribution < -0.4 is 16.0 Å². The monoisotopic (exact) mass is 408 g/mol. The fourth-order valence-electron chi connectivity index (χ4n) is 3.04. The molecule has 1 saturated heterocycles. The zero-order chi connectivity index (χ0) is 20.7. The molecule has 1 aromatic carbocycles. The molecule has 1 aromatic rings. The number of nitrogens with one attached hydrogen (secondary N) is 3. The van der Waals surface area contributed by atoms with E-state index in [1.54, 1.807) is 19.2 Å². The standard InChI is InChI=1S/C21H33FN4O3/c1-23-21(25-8-3-11-29-16-17-6-12-28-13-7-17)26-10-9-24-20(27)15-18-4-2-5-19(22)14-18/h2,4-5,14,17H,3,6-13,15-16H2,1H3,(H,24,27)(H2,23,25,26). The van der Waals surface area contributed by atoms with Gasteiger partial charge in [0.05, 0.1) is 6.42 Å². The molecule has 0 aliphatic carbocycles. The molecule has 0 spiro atoms. The molecule has 0 bridgehead atoms. The highest BCUT2D eigenvalue weighted by Gasteiger charge is 2.13. The van der Waals surface area contributed by atoms with Gasteiger partial charge in [-0.3, -0.25) is 9.79 Å². The molecule has 7 nitrogen and oxygen atoms in total. The number of guanidine groups is 1. The Bertz CT molecular complexity index is 636. The Balaban J connectivity index is 1.47. The quantitative estimate of drug-likeness (QED) is 0.294. The van der Waals surface area contributed by atoms with Crippen LogP contribution in [-0.2, 0) is 20.7 Å². The van der Waals surface area contributed by atoms with E-state index < -0.39 is 0 Å². The summed E-state index contributed by atoms with van der Waals surface area (Å²) in [5.41, 5.74) is 0.659. The van der Waals surface area contributed by atoms with Gasteiger partial charge in [0.15, 0.2) is 5.96 Å². The number of carbonyl (C=O) groups is 1. The molecular formula is C21H33FN4O3. The van der Waals surface area contributed by atoms with Crippen LogP contribution in [0.5, 0.6) is 0 Å². The fraction of sp³-hybridized carbons (Fsp3) is 0.619. The van der Waals surface area contributed by atoms with E-state index >= 15 is 0 Å². The molecule has 0 saturated carbocycles. The Morgan fingerprint density at radius 3 is 2.72 bits per heavy atom. The minimum absolute atomic E-state index is 0.137. The van der Waals surface area contributed by atoms with Crippen LogP contribution in [0.3, 0.4) is 0 Å². The van der Waals surface area contributed by atoms with Gasteiger partial charge in [-0.15, -0.1) is 0 Å². The van der Waals surface area contributed by atoms with Gasteiger partial charge in [-0.05, 0) is 42.9 Å². The van der Waals surface area contributed by atoms with Crippen LogP contribution in [0.2, 0.25) is 0 Å². The number of ether oxygens (including phenoxy) is 2. The van der Waals surface area contributed by atoms with E-state index in [1.165, 1.54) is 12.1 Å². The summed E-state index contributed by atoms with van der Waals surface area (Å²) in [4.78, 5) is 16.1. The third kappa shape index (κ3) is 10.2. The molecule has 0 radical (unpaired) electrons. The summed E-state index contributed by atoms with van der Waals surface area (Å²) in [7, 11) is 1.71. The number of carbonyl (C=O) groups excluding carboxylic acids is 1. The van der Waals surface area contributed by atoms with Gasteiger partial charge in [-0.1, -0.05) is 12.1 Å². The lowest BCUT2D eigenvalue weighted by atomic mass is 10.0. The Morgan fingerprint density at radius 2 is 1.97 bits per heavy atom. The van der Waals surface area contributed by atoms with Gasteiger partial charge >= 0.3 is 0 Å². The molecule has 0 unspecified atom stereocenters. The lowest BCUT2D eigenvalue weighted by Gasteiger charge is -2.21. The predicted octanol–water partition coefficient (Wildman–Crippen LogP) is 1.48. The highest BCUT2D eigenvalue weighted by atomic mass is 19.1. The van der Waals surface area contributed by atoms with Crippen molar-refractivity contribution >= 4 is 11.9 Å². The summed E-state index contributed by atoms with van der Waals surface area (Å²) < 4.78 is 24.2. The second kappa shape index (κ2) is 13.9. The first-order chi connectivity index (χ1) is 14.2. The second-order valence-corrected chi connectivity index (χ2v) is 7.07. The van der Waals surface area contributed by atoms with E-state index in [4.69, 9.17) is 9.47 Å². The second-order valence-electron chi connectivity index (χ2n) is 7.07. The number of amides is 1. The molecule has 0 atom stereocenters. The number of hydrogen-bond donors (Lipinski definition) is 3. The Hall–Kier alpha value is -2.19. The third-order valence-corrected chi connectivity index (χ3v) is 4.67. The van der Waals surface area contributed by atoms with Gasteiger partial charge in [0, 0.05) is 53.1 Å². The van der Waals surface area contributed by atoms with Crippen molar-refractivity contribution in [1.29, 1.82) is 0 Å². The average molecular weight is 409 g/mol. The normalized spacial score (nSPS) is 15.2. The van der Waals surface area contributed by atoms with E-state index in [0.29, 0.717) is 30.5 Å². The lowest BCUT2D eigenvalue weighted by Crippen LogP contribution is -2.42. The van der Waals surface area contributed by atoms with E-state index in [2.05, 4.69) is 20.9 Å². The minimum Gasteiger partial charge on any atom is -0.381 e. The molecule has 1 fully saturated rings. The van der Waals surface area contributed by atoms with Crippen molar-refractivity contribution in [3.8, 4) is 0 Å². The summed E-state index contributed by atoms with van der Waals surface area (Å²) in [5.74, 6) is 0.846. The Morgan fingerprint density at radius 1 is 1.21 bits per heavy atom. The maximum absolute atomic E-state index is 13.1. The molecule has 162 valence electrons. The topological polar surface area (TPSA) is 84.0 Å². The van der Waals surface area contributed by atoms with Crippen LogP contribution in [0.1, 0.15) is 24.8 Å². The molecule has 3 N–H and O–H groups in total. The van der Waals surface area contributed by atoms with Gasteiger partial charge in [-0.25, -0.2) is 4.39 Å². The number of aliphatic imine (C=N–C) groups is 1. The molecule has 0 aromatic heterocycles. The van der Waals surface area contributed by atoms with Gasteiger partial charge in [0.2, 0.25) is 5.91 Å². The van der Waals surface area contributed by atoms with Crippen molar-refractivity contribution in [2.45, 2.75) is 25.7 Å². The van der Waals surface area contributed by atoms with Crippen LogP contribution >= 0.6 is 0 Å². The maximum Gasteiger partial charge on any atom is 0.224 e. The zero-order valence-electron chi connectivity index (χ0n) is 17.2. The molecule has 29 heavy (non-hydrogen) atoms. The summed E-state index contributed by atoms with van der Waals surface area (Å²) >= 11 is 0. The van der Waals surface area contributed by atoms with Gasteiger partial charge < -0.3 is 25.4 Å². The molecule has 2 rings (SSSR count). The summed E-state index contributed by atoms with van der Waals surface area (Å²) in [5, 5.41) is 9.19. The number of benzene rings is 1.